The maximum absolute atomic E-state index is 12.6. The van der Waals surface area contributed by atoms with E-state index in [9.17, 15) is 13.2 Å². The lowest BCUT2D eigenvalue weighted by Crippen LogP contribution is -2.34. The van der Waals surface area contributed by atoms with Crippen molar-refractivity contribution < 1.29 is 18.0 Å². The topological polar surface area (TPSA) is 41.0 Å². The Labute approximate surface area is 139 Å². The van der Waals surface area contributed by atoms with Gasteiger partial charge in [-0.05, 0) is 25.5 Å². The third kappa shape index (κ3) is 4.17. The Morgan fingerprint density at radius 3 is 2.67 bits per heavy atom. The van der Waals surface area contributed by atoms with Gasteiger partial charge in [0.15, 0.2) is 0 Å². The highest BCUT2D eigenvalue weighted by molar-refractivity contribution is 5.87. The van der Waals surface area contributed by atoms with Gasteiger partial charge in [0.2, 0.25) is 0 Å². The zero-order chi connectivity index (χ0) is 17.2. The molecule has 0 aromatic carbocycles. The van der Waals surface area contributed by atoms with Crippen molar-refractivity contribution in [2.45, 2.75) is 32.0 Å². The van der Waals surface area contributed by atoms with Crippen LogP contribution in [-0.2, 0) is 11.0 Å². The minimum Gasteiger partial charge on any atom is -0.392 e. The van der Waals surface area contributed by atoms with Crippen LogP contribution in [0.25, 0.3) is 0 Å². The molecule has 1 saturated heterocycles. The predicted molar refractivity (Wildman–Crippen MR) is 85.1 cm³/mol. The van der Waals surface area contributed by atoms with E-state index in [0.29, 0.717) is 5.82 Å². The van der Waals surface area contributed by atoms with Crippen molar-refractivity contribution in [1.29, 1.82) is 0 Å². The van der Waals surface area contributed by atoms with Crippen LogP contribution in [0.4, 0.5) is 19.0 Å². The number of hydrogen-bond donors (Lipinski definition) is 0. The summed E-state index contributed by atoms with van der Waals surface area (Å²) in [5.74, 6) is 0.597. The van der Waals surface area contributed by atoms with Crippen LogP contribution in [0.5, 0.6) is 0 Å². The van der Waals surface area contributed by atoms with Crippen LogP contribution in [0, 0.1) is 0 Å². The molecule has 1 atom stereocenters. The minimum absolute atomic E-state index is 0.153. The Hall–Kier alpha value is -1.83. The highest BCUT2D eigenvalue weighted by Crippen LogP contribution is 2.29. The highest BCUT2D eigenvalue weighted by Gasteiger charge is 2.31. The Bertz CT molecular complexity index is 588. The van der Waals surface area contributed by atoms with Crippen LogP contribution in [0.3, 0.4) is 0 Å². The summed E-state index contributed by atoms with van der Waals surface area (Å²) in [5.41, 5.74) is 0.347. The molecule has 1 fully saturated rings. The molecule has 0 N–H and O–H groups in total. The monoisotopic (exact) mass is 342 g/mol. The molecule has 2 aliphatic heterocycles. The molecule has 0 radical (unpaired) electrons. The quantitative estimate of drug-likeness (QED) is 0.847. The Morgan fingerprint density at radius 1 is 1.21 bits per heavy atom. The summed E-state index contributed by atoms with van der Waals surface area (Å²) in [5, 5.41) is 4.09. The van der Waals surface area contributed by atoms with Crippen molar-refractivity contribution in [2.24, 2.45) is 5.16 Å². The van der Waals surface area contributed by atoms with Crippen molar-refractivity contribution in [3.63, 3.8) is 0 Å². The van der Waals surface area contributed by atoms with Gasteiger partial charge in [-0.15, -0.1) is 0 Å². The third-order valence-corrected chi connectivity index (χ3v) is 4.28. The molecule has 0 saturated carbocycles. The molecular formula is C16H21F3N4O. The summed E-state index contributed by atoms with van der Waals surface area (Å²) >= 11 is 0. The molecule has 1 aromatic rings. The van der Waals surface area contributed by atoms with E-state index < -0.39 is 11.7 Å². The fraction of sp³-hybridized carbons (Fsp3) is 0.625. The lowest BCUT2D eigenvalue weighted by Gasteiger charge is -2.22. The molecule has 24 heavy (non-hydrogen) atoms. The summed E-state index contributed by atoms with van der Waals surface area (Å²) in [4.78, 5) is 13.6. The lowest BCUT2D eigenvalue weighted by atomic mass is 10.2. The van der Waals surface area contributed by atoms with Gasteiger partial charge in [0, 0.05) is 45.3 Å². The standard InChI is InChI=1S/C16H21F3N4O/c1-12-9-14(21-24-12)11-22-5-2-6-23(8-7-22)15-4-3-13(10-20-15)16(17,18)19/h3-4,10,12H,2,5-9,11H2,1H3. The predicted octanol–water partition coefficient (Wildman–Crippen LogP) is 2.78. The molecule has 0 bridgehead atoms. The maximum Gasteiger partial charge on any atom is 0.417 e. The summed E-state index contributed by atoms with van der Waals surface area (Å²) in [6.07, 6.45) is -1.49. The zero-order valence-electron chi connectivity index (χ0n) is 13.6. The first-order valence-corrected chi connectivity index (χ1v) is 8.14. The molecule has 132 valence electrons. The summed E-state index contributed by atoms with van der Waals surface area (Å²) < 4.78 is 37.9. The number of rotatable bonds is 3. The average Bonchev–Trinajstić information content (AvgIpc) is 2.80. The zero-order valence-corrected chi connectivity index (χ0v) is 13.6. The van der Waals surface area contributed by atoms with Gasteiger partial charge >= 0.3 is 6.18 Å². The lowest BCUT2D eigenvalue weighted by molar-refractivity contribution is -0.137. The van der Waals surface area contributed by atoms with Gasteiger partial charge in [0.05, 0.1) is 11.3 Å². The molecular weight excluding hydrogens is 321 g/mol. The molecule has 5 nitrogen and oxygen atoms in total. The fourth-order valence-electron chi connectivity index (χ4n) is 3.02. The molecule has 1 aromatic heterocycles. The van der Waals surface area contributed by atoms with Crippen molar-refractivity contribution in [2.75, 3.05) is 37.6 Å². The normalized spacial score (nSPS) is 22.9. The van der Waals surface area contributed by atoms with Crippen LogP contribution in [0.15, 0.2) is 23.5 Å². The molecule has 0 amide bonds. The number of aromatic nitrogens is 1. The van der Waals surface area contributed by atoms with E-state index in [4.69, 9.17) is 4.84 Å². The van der Waals surface area contributed by atoms with E-state index in [2.05, 4.69) is 15.0 Å². The van der Waals surface area contributed by atoms with Crippen molar-refractivity contribution in [1.82, 2.24) is 9.88 Å². The first kappa shape index (κ1) is 17.0. The first-order chi connectivity index (χ1) is 11.4. The number of oxime groups is 1. The second-order valence-electron chi connectivity index (χ2n) is 6.30. The Morgan fingerprint density at radius 2 is 2.04 bits per heavy atom. The van der Waals surface area contributed by atoms with Gasteiger partial charge in [-0.1, -0.05) is 5.16 Å². The second kappa shape index (κ2) is 6.96. The molecule has 2 aliphatic rings. The number of nitrogens with zero attached hydrogens (tertiary/aromatic N) is 4. The Kier molecular flexibility index (Phi) is 4.93. The van der Waals surface area contributed by atoms with Gasteiger partial charge in [-0.25, -0.2) is 4.98 Å². The number of hydrogen-bond acceptors (Lipinski definition) is 5. The highest BCUT2D eigenvalue weighted by atomic mass is 19.4. The molecule has 0 aliphatic carbocycles. The number of alkyl halides is 3. The first-order valence-electron chi connectivity index (χ1n) is 8.14. The molecule has 3 heterocycles. The maximum atomic E-state index is 12.6. The largest absolute Gasteiger partial charge is 0.417 e. The third-order valence-electron chi connectivity index (χ3n) is 4.28. The smallest absolute Gasteiger partial charge is 0.392 e. The van der Waals surface area contributed by atoms with Gasteiger partial charge < -0.3 is 9.74 Å². The number of pyridine rings is 1. The number of halogens is 3. The fourth-order valence-corrected chi connectivity index (χ4v) is 3.02. The van der Waals surface area contributed by atoms with Crippen molar-refractivity contribution in [3.8, 4) is 0 Å². The second-order valence-corrected chi connectivity index (χ2v) is 6.30. The summed E-state index contributed by atoms with van der Waals surface area (Å²) in [7, 11) is 0. The molecule has 0 spiro atoms. The van der Waals surface area contributed by atoms with Gasteiger partial charge in [-0.3, -0.25) is 4.90 Å². The van der Waals surface area contributed by atoms with Crippen molar-refractivity contribution >= 4 is 11.5 Å². The van der Waals surface area contributed by atoms with Gasteiger partial charge in [-0.2, -0.15) is 13.2 Å². The molecule has 8 heteroatoms. The van der Waals surface area contributed by atoms with Crippen LogP contribution in [-0.4, -0.2) is 54.4 Å². The molecule has 1 unspecified atom stereocenters. The van der Waals surface area contributed by atoms with Crippen LogP contribution in [0.2, 0.25) is 0 Å². The van der Waals surface area contributed by atoms with E-state index in [1.807, 2.05) is 11.8 Å². The SMILES string of the molecule is CC1CC(CN2CCCN(c3ccc(C(F)(F)F)cn3)CC2)=NO1. The number of anilines is 1. The minimum atomic E-state index is -4.34. The van der Waals surface area contributed by atoms with E-state index in [-0.39, 0.29) is 6.10 Å². The van der Waals surface area contributed by atoms with E-state index in [1.54, 1.807) is 0 Å². The van der Waals surface area contributed by atoms with Gasteiger partial charge in [0.1, 0.15) is 11.9 Å². The van der Waals surface area contributed by atoms with Crippen molar-refractivity contribution in [3.05, 3.63) is 23.9 Å². The van der Waals surface area contributed by atoms with Crippen LogP contribution < -0.4 is 4.90 Å². The van der Waals surface area contributed by atoms with Crippen LogP contribution >= 0.6 is 0 Å². The van der Waals surface area contributed by atoms with E-state index >= 15 is 0 Å². The summed E-state index contributed by atoms with van der Waals surface area (Å²) in [6.45, 7) is 6.08. The molecule has 3 rings (SSSR count). The average molecular weight is 342 g/mol. The summed E-state index contributed by atoms with van der Waals surface area (Å²) in [6, 6.07) is 2.55. The van der Waals surface area contributed by atoms with E-state index in [1.165, 1.54) is 6.07 Å². The Balaban J connectivity index is 1.57. The van der Waals surface area contributed by atoms with Crippen LogP contribution in [0.1, 0.15) is 25.3 Å². The van der Waals surface area contributed by atoms with E-state index in [0.717, 1.165) is 63.5 Å². The van der Waals surface area contributed by atoms with Gasteiger partial charge in [0.25, 0.3) is 0 Å².